The number of hydrogen-bond acceptors (Lipinski definition) is 3. The number of unbranched alkanes of at least 4 members (excludes halogenated alkanes) is 22. The third-order valence-corrected chi connectivity index (χ3v) is 8.89. The topological polar surface area (TPSA) is 51.2 Å². The van der Waals surface area contributed by atoms with Crippen LogP contribution in [0.2, 0.25) is 0 Å². The molecular formula is C37H70O3. The molecule has 0 bridgehead atoms. The summed E-state index contributed by atoms with van der Waals surface area (Å²) in [5.41, 5.74) is -1.36. The van der Waals surface area contributed by atoms with Gasteiger partial charge in [0.15, 0.2) is 17.3 Å². The Balaban J connectivity index is 4.41. The SMILES string of the molecule is CCCCCCCCCCCCCCCCCC(C(=O)CC)(C(=O)CCC)C(=O)CCCCCCCCCCC. The molecule has 0 aromatic rings. The van der Waals surface area contributed by atoms with Crippen LogP contribution in [-0.4, -0.2) is 17.3 Å². The minimum Gasteiger partial charge on any atom is -0.298 e. The molecule has 3 nitrogen and oxygen atoms in total. The highest BCUT2D eigenvalue weighted by Gasteiger charge is 2.48. The van der Waals surface area contributed by atoms with Crippen LogP contribution in [0, 0.1) is 5.41 Å². The maximum absolute atomic E-state index is 13.5. The van der Waals surface area contributed by atoms with Gasteiger partial charge in [0.25, 0.3) is 0 Å². The molecule has 0 aromatic heterocycles. The van der Waals surface area contributed by atoms with E-state index >= 15 is 0 Å². The van der Waals surface area contributed by atoms with E-state index in [4.69, 9.17) is 0 Å². The molecule has 40 heavy (non-hydrogen) atoms. The van der Waals surface area contributed by atoms with E-state index in [9.17, 15) is 14.4 Å². The zero-order valence-electron chi connectivity index (χ0n) is 27.7. The summed E-state index contributed by atoms with van der Waals surface area (Å²) in [6, 6.07) is 0. The van der Waals surface area contributed by atoms with Crippen molar-refractivity contribution in [2.24, 2.45) is 5.41 Å². The van der Waals surface area contributed by atoms with Crippen molar-refractivity contribution in [2.45, 2.75) is 214 Å². The van der Waals surface area contributed by atoms with Gasteiger partial charge in [-0.3, -0.25) is 14.4 Å². The number of rotatable bonds is 32. The van der Waals surface area contributed by atoms with Crippen molar-refractivity contribution in [1.29, 1.82) is 0 Å². The van der Waals surface area contributed by atoms with Gasteiger partial charge in [-0.15, -0.1) is 0 Å². The number of ketones is 3. The van der Waals surface area contributed by atoms with E-state index in [1.54, 1.807) is 0 Å². The summed E-state index contributed by atoms with van der Waals surface area (Å²) in [7, 11) is 0. The Morgan fingerprint density at radius 2 is 0.675 bits per heavy atom. The molecule has 0 saturated carbocycles. The summed E-state index contributed by atoms with van der Waals surface area (Å²) in [5, 5.41) is 0. The molecule has 1 unspecified atom stereocenters. The molecular weight excluding hydrogens is 492 g/mol. The third-order valence-electron chi connectivity index (χ3n) is 8.89. The highest BCUT2D eigenvalue weighted by molar-refractivity contribution is 6.24. The molecule has 0 spiro atoms. The van der Waals surface area contributed by atoms with Crippen molar-refractivity contribution >= 4 is 17.3 Å². The first-order chi connectivity index (χ1) is 19.5. The Bertz CT molecular complexity index is 611. The normalized spacial score (nSPS) is 12.9. The third kappa shape index (κ3) is 18.4. The smallest absolute Gasteiger partial charge is 0.153 e. The van der Waals surface area contributed by atoms with Crippen LogP contribution in [0.25, 0.3) is 0 Å². The first-order valence-electron chi connectivity index (χ1n) is 18.1. The monoisotopic (exact) mass is 563 g/mol. The lowest BCUT2D eigenvalue weighted by molar-refractivity contribution is -0.150. The minimum atomic E-state index is -1.36. The van der Waals surface area contributed by atoms with Crippen molar-refractivity contribution in [2.75, 3.05) is 0 Å². The van der Waals surface area contributed by atoms with Gasteiger partial charge < -0.3 is 0 Å². The van der Waals surface area contributed by atoms with Crippen molar-refractivity contribution in [3.8, 4) is 0 Å². The molecule has 236 valence electrons. The quantitative estimate of drug-likeness (QED) is 0.0605. The van der Waals surface area contributed by atoms with Crippen LogP contribution >= 0.6 is 0 Å². The zero-order valence-corrected chi connectivity index (χ0v) is 27.7. The molecule has 0 rings (SSSR count). The average molecular weight is 563 g/mol. The Morgan fingerprint density at radius 3 is 1.02 bits per heavy atom. The van der Waals surface area contributed by atoms with Gasteiger partial charge in [0.2, 0.25) is 0 Å². The first-order valence-corrected chi connectivity index (χ1v) is 18.1. The predicted molar refractivity (Wildman–Crippen MR) is 174 cm³/mol. The average Bonchev–Trinajstić information content (AvgIpc) is 2.95. The molecule has 0 radical (unpaired) electrons. The summed E-state index contributed by atoms with van der Waals surface area (Å²) in [6.07, 6.45) is 32.1. The van der Waals surface area contributed by atoms with Crippen molar-refractivity contribution in [3.63, 3.8) is 0 Å². The second-order valence-electron chi connectivity index (χ2n) is 12.6. The van der Waals surface area contributed by atoms with Gasteiger partial charge in [-0.25, -0.2) is 0 Å². The molecule has 1 atom stereocenters. The molecule has 0 aromatic carbocycles. The first kappa shape index (κ1) is 39.0. The summed E-state index contributed by atoms with van der Waals surface area (Å²) in [6.45, 7) is 8.30. The van der Waals surface area contributed by atoms with Crippen LogP contribution < -0.4 is 0 Å². The van der Waals surface area contributed by atoms with Gasteiger partial charge in [0, 0.05) is 19.3 Å². The number of carbonyl (C=O) groups is 3. The Kier molecular flexibility index (Phi) is 27.4. The van der Waals surface area contributed by atoms with Crippen molar-refractivity contribution in [3.05, 3.63) is 0 Å². The van der Waals surface area contributed by atoms with Crippen molar-refractivity contribution in [1.82, 2.24) is 0 Å². The number of Topliss-reactive ketones (excluding diaryl/α,β-unsaturated/α-hetero) is 3. The molecule has 0 aliphatic carbocycles. The van der Waals surface area contributed by atoms with Gasteiger partial charge in [-0.05, 0) is 19.3 Å². The predicted octanol–water partition coefficient (Wildman–Crippen LogP) is 12.1. The lowest BCUT2D eigenvalue weighted by atomic mass is 9.68. The summed E-state index contributed by atoms with van der Waals surface area (Å²) >= 11 is 0. The van der Waals surface area contributed by atoms with Gasteiger partial charge >= 0.3 is 0 Å². The maximum Gasteiger partial charge on any atom is 0.153 e. The van der Waals surface area contributed by atoms with Gasteiger partial charge in [0.1, 0.15) is 5.41 Å². The largest absolute Gasteiger partial charge is 0.298 e. The Labute approximate surface area is 250 Å². The minimum absolute atomic E-state index is 0.0777. The van der Waals surface area contributed by atoms with E-state index in [1.165, 1.54) is 116 Å². The lowest BCUT2D eigenvalue weighted by Gasteiger charge is -2.30. The molecule has 0 N–H and O–H groups in total. The van der Waals surface area contributed by atoms with Crippen LogP contribution in [0.4, 0.5) is 0 Å². The van der Waals surface area contributed by atoms with Crippen LogP contribution in [0.1, 0.15) is 214 Å². The van der Waals surface area contributed by atoms with E-state index < -0.39 is 5.41 Å². The van der Waals surface area contributed by atoms with Gasteiger partial charge in [-0.2, -0.15) is 0 Å². The van der Waals surface area contributed by atoms with E-state index in [1.807, 2.05) is 13.8 Å². The fourth-order valence-corrected chi connectivity index (χ4v) is 6.20. The van der Waals surface area contributed by atoms with Crippen LogP contribution in [0.5, 0.6) is 0 Å². The fourth-order valence-electron chi connectivity index (χ4n) is 6.20. The van der Waals surface area contributed by atoms with Gasteiger partial charge in [0.05, 0.1) is 0 Å². The molecule has 0 aliphatic heterocycles. The second kappa shape index (κ2) is 28.1. The molecule has 0 aliphatic rings. The zero-order chi connectivity index (χ0) is 29.7. The lowest BCUT2D eigenvalue weighted by Crippen LogP contribution is -2.46. The van der Waals surface area contributed by atoms with Crippen molar-refractivity contribution < 1.29 is 14.4 Å². The molecule has 0 heterocycles. The van der Waals surface area contributed by atoms with Crippen LogP contribution in [-0.2, 0) is 14.4 Å². The highest BCUT2D eigenvalue weighted by atomic mass is 16.2. The van der Waals surface area contributed by atoms with E-state index in [0.717, 1.165) is 38.5 Å². The second-order valence-corrected chi connectivity index (χ2v) is 12.6. The standard InChI is InChI=1S/C37H70O3/c1-5-9-11-13-15-17-18-19-20-21-22-24-26-28-30-33-37(34(38)8-4,35(39)31-7-3)36(40)32-29-27-25-23-16-14-12-10-6-2/h5-33H2,1-4H3. The number of carbonyl (C=O) groups excluding carboxylic acids is 3. The highest BCUT2D eigenvalue weighted by Crippen LogP contribution is 2.34. The molecule has 0 amide bonds. The molecule has 0 fully saturated rings. The van der Waals surface area contributed by atoms with E-state index in [-0.39, 0.29) is 23.8 Å². The van der Waals surface area contributed by atoms with Gasteiger partial charge in [-0.1, -0.05) is 175 Å². The Morgan fingerprint density at radius 1 is 0.350 bits per heavy atom. The summed E-state index contributed by atoms with van der Waals surface area (Å²) in [4.78, 5) is 40.0. The van der Waals surface area contributed by atoms with Crippen LogP contribution in [0.15, 0.2) is 0 Å². The van der Waals surface area contributed by atoms with E-state index in [0.29, 0.717) is 25.7 Å². The maximum atomic E-state index is 13.5. The molecule has 3 heteroatoms. The number of hydrogen-bond donors (Lipinski definition) is 0. The summed E-state index contributed by atoms with van der Waals surface area (Å²) in [5.74, 6) is -0.309. The van der Waals surface area contributed by atoms with Crippen LogP contribution in [0.3, 0.4) is 0 Å². The summed E-state index contributed by atoms with van der Waals surface area (Å²) < 4.78 is 0. The fraction of sp³-hybridized carbons (Fsp3) is 0.919. The Hall–Kier alpha value is -0.990. The van der Waals surface area contributed by atoms with E-state index in [2.05, 4.69) is 13.8 Å². The molecule has 0 saturated heterocycles.